The van der Waals surface area contributed by atoms with Crippen molar-refractivity contribution in [3.05, 3.63) is 61.1 Å². The molecule has 94 valence electrons. The van der Waals surface area contributed by atoms with E-state index in [2.05, 4.69) is 25.4 Å². The molecule has 6 heteroatoms. The molecule has 3 rings (SSSR count). The summed E-state index contributed by atoms with van der Waals surface area (Å²) in [6, 6.07) is 7.81. The van der Waals surface area contributed by atoms with E-state index >= 15 is 0 Å². The lowest BCUT2D eigenvalue weighted by Crippen LogP contribution is -2.02. The Morgan fingerprint density at radius 2 is 1.95 bits per heavy atom. The Hall–Kier alpha value is -2.76. The Balaban J connectivity index is 1.67. The van der Waals surface area contributed by atoms with Crippen molar-refractivity contribution in [2.45, 2.75) is 6.54 Å². The molecular formula is C13H12N6. The fourth-order valence-electron chi connectivity index (χ4n) is 1.66. The van der Waals surface area contributed by atoms with E-state index in [1.54, 1.807) is 29.6 Å². The number of aromatic nitrogens is 5. The summed E-state index contributed by atoms with van der Waals surface area (Å²) in [5.41, 5.74) is 2.14. The van der Waals surface area contributed by atoms with Crippen LogP contribution in [0, 0.1) is 0 Å². The van der Waals surface area contributed by atoms with E-state index in [4.69, 9.17) is 0 Å². The molecule has 0 spiro atoms. The molecule has 1 N–H and O–H groups in total. The van der Waals surface area contributed by atoms with Crippen molar-refractivity contribution in [1.82, 2.24) is 24.7 Å². The van der Waals surface area contributed by atoms with Crippen molar-refractivity contribution in [2.24, 2.45) is 0 Å². The molecule has 0 fully saturated rings. The summed E-state index contributed by atoms with van der Waals surface area (Å²) >= 11 is 0. The second-order valence-corrected chi connectivity index (χ2v) is 3.95. The molecule has 0 atom stereocenters. The quantitative estimate of drug-likeness (QED) is 0.765. The summed E-state index contributed by atoms with van der Waals surface area (Å²) < 4.78 is 1.62. The van der Waals surface area contributed by atoms with Crippen molar-refractivity contribution in [3.8, 4) is 5.82 Å². The predicted octanol–water partition coefficient (Wildman–Crippen LogP) is 1.67. The van der Waals surface area contributed by atoms with E-state index in [0.29, 0.717) is 0 Å². The van der Waals surface area contributed by atoms with Crippen molar-refractivity contribution < 1.29 is 0 Å². The first-order valence-corrected chi connectivity index (χ1v) is 5.86. The summed E-state index contributed by atoms with van der Waals surface area (Å²) in [6.07, 6.45) is 8.44. The number of anilines is 1. The summed E-state index contributed by atoms with van der Waals surface area (Å²) in [4.78, 5) is 12.2. The first-order chi connectivity index (χ1) is 9.42. The van der Waals surface area contributed by atoms with E-state index in [9.17, 15) is 0 Å². The summed E-state index contributed by atoms with van der Waals surface area (Å²) in [5, 5.41) is 7.32. The second-order valence-electron chi connectivity index (χ2n) is 3.95. The van der Waals surface area contributed by atoms with Crippen LogP contribution in [-0.2, 0) is 6.54 Å². The van der Waals surface area contributed by atoms with Crippen LogP contribution in [0.4, 0.5) is 5.69 Å². The lowest BCUT2D eigenvalue weighted by molar-refractivity contribution is 0.845. The van der Waals surface area contributed by atoms with Crippen LogP contribution in [-0.4, -0.2) is 24.7 Å². The standard InChI is InChI=1S/C13H12N6/c1-2-13(19-10-15-9-18-19)17-8-12(1)16-7-11-3-5-14-6-4-11/h1-6,8-10,16H,7H2. The van der Waals surface area contributed by atoms with Gasteiger partial charge in [-0.25, -0.2) is 14.6 Å². The van der Waals surface area contributed by atoms with E-state index in [1.165, 1.54) is 11.9 Å². The van der Waals surface area contributed by atoms with Gasteiger partial charge in [-0.3, -0.25) is 4.98 Å². The first kappa shape index (κ1) is 11.3. The van der Waals surface area contributed by atoms with Gasteiger partial charge in [-0.1, -0.05) is 0 Å². The van der Waals surface area contributed by atoms with Gasteiger partial charge in [-0.15, -0.1) is 0 Å². The number of pyridine rings is 2. The predicted molar refractivity (Wildman–Crippen MR) is 70.7 cm³/mol. The molecule has 0 aliphatic carbocycles. The molecule has 0 saturated heterocycles. The molecule has 0 amide bonds. The van der Waals surface area contributed by atoms with Gasteiger partial charge in [0.1, 0.15) is 12.7 Å². The summed E-state index contributed by atoms with van der Waals surface area (Å²) in [7, 11) is 0. The second kappa shape index (κ2) is 5.26. The van der Waals surface area contributed by atoms with Crippen molar-refractivity contribution in [3.63, 3.8) is 0 Å². The maximum atomic E-state index is 4.32. The molecule has 3 heterocycles. The Labute approximate surface area is 110 Å². The van der Waals surface area contributed by atoms with Crippen LogP contribution in [0.5, 0.6) is 0 Å². The highest BCUT2D eigenvalue weighted by atomic mass is 15.3. The van der Waals surface area contributed by atoms with Gasteiger partial charge in [0.2, 0.25) is 0 Å². The normalized spacial score (nSPS) is 10.3. The maximum Gasteiger partial charge on any atom is 0.155 e. The summed E-state index contributed by atoms with van der Waals surface area (Å²) in [5.74, 6) is 0.743. The number of hydrogen-bond acceptors (Lipinski definition) is 5. The number of rotatable bonds is 4. The first-order valence-electron chi connectivity index (χ1n) is 5.86. The smallest absolute Gasteiger partial charge is 0.155 e. The zero-order valence-corrected chi connectivity index (χ0v) is 10.1. The molecule has 6 nitrogen and oxygen atoms in total. The molecule has 0 aliphatic heterocycles. The number of nitrogens with one attached hydrogen (secondary N) is 1. The average molecular weight is 252 g/mol. The Morgan fingerprint density at radius 3 is 2.63 bits per heavy atom. The fraction of sp³-hybridized carbons (Fsp3) is 0.0769. The third-order valence-electron chi connectivity index (χ3n) is 2.65. The van der Waals surface area contributed by atoms with Crippen LogP contribution in [0.1, 0.15) is 5.56 Å². The average Bonchev–Trinajstić information content (AvgIpc) is 3.01. The van der Waals surface area contributed by atoms with Gasteiger partial charge < -0.3 is 5.32 Å². The van der Waals surface area contributed by atoms with E-state index in [1.807, 2.05) is 24.3 Å². The maximum absolute atomic E-state index is 4.32. The Morgan fingerprint density at radius 1 is 1.05 bits per heavy atom. The third-order valence-corrected chi connectivity index (χ3v) is 2.65. The SMILES string of the molecule is c1cc(CNc2ccc(-n3cncn3)nc2)ccn1. The minimum atomic E-state index is 0.743. The highest BCUT2D eigenvalue weighted by molar-refractivity contribution is 5.43. The van der Waals surface area contributed by atoms with Gasteiger partial charge in [-0.2, -0.15) is 5.10 Å². The van der Waals surface area contributed by atoms with Crippen molar-refractivity contribution in [1.29, 1.82) is 0 Å². The summed E-state index contributed by atoms with van der Waals surface area (Å²) in [6.45, 7) is 0.743. The fourth-order valence-corrected chi connectivity index (χ4v) is 1.66. The topological polar surface area (TPSA) is 68.5 Å². The highest BCUT2D eigenvalue weighted by Gasteiger charge is 1.99. The molecule has 3 aromatic heterocycles. The zero-order chi connectivity index (χ0) is 12.9. The van der Waals surface area contributed by atoms with Crippen LogP contribution >= 0.6 is 0 Å². The van der Waals surface area contributed by atoms with Crippen LogP contribution in [0.15, 0.2) is 55.5 Å². The molecule has 19 heavy (non-hydrogen) atoms. The molecular weight excluding hydrogens is 240 g/mol. The minimum Gasteiger partial charge on any atom is -0.380 e. The van der Waals surface area contributed by atoms with Crippen LogP contribution in [0.25, 0.3) is 5.82 Å². The van der Waals surface area contributed by atoms with E-state index in [-0.39, 0.29) is 0 Å². The Kier molecular flexibility index (Phi) is 3.14. The van der Waals surface area contributed by atoms with Crippen LogP contribution in [0.3, 0.4) is 0 Å². The molecule has 0 aliphatic rings. The monoisotopic (exact) mass is 252 g/mol. The van der Waals surface area contributed by atoms with Gasteiger partial charge in [-0.05, 0) is 29.8 Å². The molecule has 0 bridgehead atoms. The van der Waals surface area contributed by atoms with Gasteiger partial charge in [0.25, 0.3) is 0 Å². The minimum absolute atomic E-state index is 0.743. The van der Waals surface area contributed by atoms with Crippen LogP contribution in [0.2, 0.25) is 0 Å². The van der Waals surface area contributed by atoms with Crippen molar-refractivity contribution >= 4 is 5.69 Å². The highest BCUT2D eigenvalue weighted by Crippen LogP contribution is 2.10. The van der Waals surface area contributed by atoms with Crippen molar-refractivity contribution in [2.75, 3.05) is 5.32 Å². The molecule has 3 aromatic rings. The number of nitrogens with zero attached hydrogens (tertiary/aromatic N) is 5. The lowest BCUT2D eigenvalue weighted by Gasteiger charge is -2.06. The zero-order valence-electron chi connectivity index (χ0n) is 10.1. The van der Waals surface area contributed by atoms with Gasteiger partial charge in [0.15, 0.2) is 5.82 Å². The Bertz CT molecular complexity index is 618. The van der Waals surface area contributed by atoms with E-state index in [0.717, 1.165) is 18.1 Å². The molecule has 0 unspecified atom stereocenters. The third kappa shape index (κ3) is 2.74. The van der Waals surface area contributed by atoms with Crippen LogP contribution < -0.4 is 5.32 Å². The number of hydrogen-bond donors (Lipinski definition) is 1. The molecule has 0 aromatic carbocycles. The molecule has 0 radical (unpaired) electrons. The van der Waals surface area contributed by atoms with Gasteiger partial charge in [0.05, 0.1) is 11.9 Å². The van der Waals surface area contributed by atoms with E-state index < -0.39 is 0 Å². The molecule has 0 saturated carbocycles. The largest absolute Gasteiger partial charge is 0.380 e. The lowest BCUT2D eigenvalue weighted by atomic mass is 10.2. The van der Waals surface area contributed by atoms with Gasteiger partial charge >= 0.3 is 0 Å². The van der Waals surface area contributed by atoms with Gasteiger partial charge in [0, 0.05) is 18.9 Å².